The first-order valence-corrected chi connectivity index (χ1v) is 11.3. The molecule has 8 heteroatoms. The summed E-state index contributed by atoms with van der Waals surface area (Å²) in [6.45, 7) is 0.184. The number of ether oxygens (including phenoxy) is 2. The lowest BCUT2D eigenvalue weighted by Crippen LogP contribution is -2.38. The average Bonchev–Trinajstić information content (AvgIpc) is 3.50. The van der Waals surface area contributed by atoms with Crippen molar-refractivity contribution in [2.45, 2.75) is 25.3 Å². The zero-order valence-electron chi connectivity index (χ0n) is 18.4. The second-order valence-corrected chi connectivity index (χ2v) is 8.47. The monoisotopic (exact) mass is 457 g/mol. The fourth-order valence-electron chi connectivity index (χ4n) is 4.85. The number of fused-ring (bicyclic) bond motifs is 2. The van der Waals surface area contributed by atoms with Gasteiger partial charge in [0.05, 0.1) is 24.2 Å². The number of carbonyl (C=O) groups is 2. The van der Waals surface area contributed by atoms with Crippen LogP contribution in [-0.4, -0.2) is 25.0 Å². The zero-order chi connectivity index (χ0) is 23.1. The van der Waals surface area contributed by atoms with E-state index in [0.717, 1.165) is 29.9 Å². The van der Waals surface area contributed by atoms with Crippen LogP contribution in [0.1, 0.15) is 31.1 Å². The third-order valence-corrected chi connectivity index (χ3v) is 6.32. The highest BCUT2D eigenvalue weighted by Crippen LogP contribution is 2.44. The molecule has 1 aliphatic carbocycles. The van der Waals surface area contributed by atoms with E-state index in [0.29, 0.717) is 34.9 Å². The summed E-state index contributed by atoms with van der Waals surface area (Å²) < 4.78 is 16.6. The Kier molecular flexibility index (Phi) is 4.98. The first-order chi connectivity index (χ1) is 16.7. The number of furan rings is 1. The summed E-state index contributed by atoms with van der Waals surface area (Å²) in [4.78, 5) is 28.4. The van der Waals surface area contributed by atoms with Crippen molar-refractivity contribution in [3.63, 3.8) is 0 Å². The van der Waals surface area contributed by atoms with Crippen LogP contribution in [-0.2, 0) is 9.59 Å². The largest absolute Gasteiger partial charge is 0.467 e. The SMILES string of the molecule is O=C(CN1c2ccccc2NC2=C(C(=O)CCC2)C1c1ccco1)Nc1ccc2c(c1)OCO2. The second kappa shape index (κ2) is 8.30. The maximum absolute atomic E-state index is 13.3. The van der Waals surface area contributed by atoms with E-state index in [1.807, 2.05) is 35.2 Å². The van der Waals surface area contributed by atoms with Crippen LogP contribution in [0.15, 0.2) is 76.5 Å². The van der Waals surface area contributed by atoms with E-state index in [1.54, 1.807) is 30.5 Å². The average molecular weight is 457 g/mol. The van der Waals surface area contributed by atoms with Gasteiger partial charge in [-0.25, -0.2) is 0 Å². The van der Waals surface area contributed by atoms with Gasteiger partial charge in [0, 0.05) is 29.4 Å². The lowest BCUT2D eigenvalue weighted by atomic mass is 9.88. The highest BCUT2D eigenvalue weighted by molar-refractivity contribution is 6.02. The van der Waals surface area contributed by atoms with Crippen LogP contribution in [0.2, 0.25) is 0 Å². The Morgan fingerprint density at radius 2 is 1.94 bits per heavy atom. The molecule has 0 radical (unpaired) electrons. The van der Waals surface area contributed by atoms with E-state index < -0.39 is 6.04 Å². The molecule has 34 heavy (non-hydrogen) atoms. The summed E-state index contributed by atoms with van der Waals surface area (Å²) in [5.74, 6) is 1.72. The molecule has 2 aromatic carbocycles. The molecule has 3 aromatic rings. The number of anilines is 3. The predicted octanol–water partition coefficient (Wildman–Crippen LogP) is 4.63. The minimum atomic E-state index is -0.517. The molecule has 6 rings (SSSR count). The molecule has 0 bridgehead atoms. The first kappa shape index (κ1) is 20.4. The molecule has 0 saturated carbocycles. The highest BCUT2D eigenvalue weighted by Gasteiger charge is 2.38. The van der Waals surface area contributed by atoms with Gasteiger partial charge in [-0.1, -0.05) is 12.1 Å². The minimum Gasteiger partial charge on any atom is -0.467 e. The number of rotatable bonds is 4. The van der Waals surface area contributed by atoms with E-state index in [1.165, 1.54) is 0 Å². The van der Waals surface area contributed by atoms with Crippen LogP contribution in [0.25, 0.3) is 0 Å². The van der Waals surface area contributed by atoms with E-state index >= 15 is 0 Å². The van der Waals surface area contributed by atoms with Crippen molar-refractivity contribution in [3.05, 3.63) is 77.9 Å². The molecule has 3 heterocycles. The first-order valence-electron chi connectivity index (χ1n) is 11.3. The number of hydrogen-bond donors (Lipinski definition) is 2. The van der Waals surface area contributed by atoms with Crippen LogP contribution >= 0.6 is 0 Å². The zero-order valence-corrected chi connectivity index (χ0v) is 18.4. The number of allylic oxidation sites excluding steroid dienone is 1. The predicted molar refractivity (Wildman–Crippen MR) is 126 cm³/mol. The fraction of sp³-hybridized carbons (Fsp3) is 0.231. The molecule has 2 N–H and O–H groups in total. The highest BCUT2D eigenvalue weighted by atomic mass is 16.7. The van der Waals surface area contributed by atoms with Crippen molar-refractivity contribution in [2.24, 2.45) is 0 Å². The molecule has 1 unspecified atom stereocenters. The molecular formula is C26H23N3O5. The van der Waals surface area contributed by atoms with Gasteiger partial charge in [-0.05, 0) is 49.2 Å². The summed E-state index contributed by atoms with van der Waals surface area (Å²) in [6, 6.07) is 16.2. The number of benzene rings is 2. The number of Topliss-reactive ketones (excluding diaryl/α,β-unsaturated/α-hetero) is 1. The van der Waals surface area contributed by atoms with Crippen molar-refractivity contribution >= 4 is 28.8 Å². The number of para-hydroxylation sites is 2. The maximum Gasteiger partial charge on any atom is 0.243 e. The number of nitrogens with zero attached hydrogens (tertiary/aromatic N) is 1. The Hall–Kier alpha value is -4.20. The van der Waals surface area contributed by atoms with Gasteiger partial charge in [0.15, 0.2) is 17.3 Å². The minimum absolute atomic E-state index is 0.0164. The summed E-state index contributed by atoms with van der Waals surface area (Å²) in [5.41, 5.74) is 3.84. The van der Waals surface area contributed by atoms with Gasteiger partial charge >= 0.3 is 0 Å². The molecule has 1 amide bonds. The van der Waals surface area contributed by atoms with Crippen molar-refractivity contribution in [3.8, 4) is 11.5 Å². The number of amides is 1. The molecule has 172 valence electrons. The second-order valence-electron chi connectivity index (χ2n) is 8.47. The third-order valence-electron chi connectivity index (χ3n) is 6.32. The topological polar surface area (TPSA) is 93.0 Å². The van der Waals surface area contributed by atoms with Crippen molar-refractivity contribution in [2.75, 3.05) is 28.9 Å². The van der Waals surface area contributed by atoms with E-state index in [4.69, 9.17) is 13.9 Å². The van der Waals surface area contributed by atoms with Gasteiger partial charge in [-0.2, -0.15) is 0 Å². The number of carbonyl (C=O) groups excluding carboxylic acids is 2. The summed E-state index contributed by atoms with van der Waals surface area (Å²) in [5, 5.41) is 6.43. The molecule has 1 aromatic heterocycles. The third kappa shape index (κ3) is 3.57. The van der Waals surface area contributed by atoms with Gasteiger partial charge < -0.3 is 29.4 Å². The number of ketones is 1. The molecular weight excluding hydrogens is 434 g/mol. The van der Waals surface area contributed by atoms with Crippen LogP contribution in [0.3, 0.4) is 0 Å². The van der Waals surface area contributed by atoms with Crippen LogP contribution < -0.4 is 25.0 Å². The summed E-state index contributed by atoms with van der Waals surface area (Å²) in [7, 11) is 0. The fourth-order valence-corrected chi connectivity index (χ4v) is 4.85. The standard InChI is InChI=1S/C26H23N3O5/c30-20-8-3-6-18-25(20)26(22-9-4-12-32-22)29(19-7-2-1-5-17(19)28-18)14-24(31)27-16-10-11-21-23(13-16)34-15-33-21/h1-2,4-5,7,9-13,26,28H,3,6,8,14-15H2,(H,27,31). The van der Waals surface area contributed by atoms with Gasteiger partial charge in [-0.3, -0.25) is 9.59 Å². The van der Waals surface area contributed by atoms with Gasteiger partial charge in [0.2, 0.25) is 12.7 Å². The molecule has 1 atom stereocenters. The maximum atomic E-state index is 13.3. The molecule has 2 aliphatic heterocycles. The van der Waals surface area contributed by atoms with Gasteiger partial charge in [0.1, 0.15) is 11.8 Å². The number of nitrogens with one attached hydrogen (secondary N) is 2. The van der Waals surface area contributed by atoms with Crippen molar-refractivity contribution in [1.29, 1.82) is 0 Å². The molecule has 3 aliphatic rings. The van der Waals surface area contributed by atoms with Gasteiger partial charge in [0.25, 0.3) is 0 Å². The van der Waals surface area contributed by atoms with E-state index in [-0.39, 0.29) is 25.0 Å². The van der Waals surface area contributed by atoms with E-state index in [2.05, 4.69) is 10.6 Å². The molecule has 0 saturated heterocycles. The van der Waals surface area contributed by atoms with Gasteiger partial charge in [-0.15, -0.1) is 0 Å². The summed E-state index contributed by atoms with van der Waals surface area (Å²) in [6.07, 6.45) is 3.63. The lowest BCUT2D eigenvalue weighted by Gasteiger charge is -2.33. The smallest absolute Gasteiger partial charge is 0.243 e. The Morgan fingerprint density at radius 1 is 1.06 bits per heavy atom. The number of hydrogen-bond acceptors (Lipinski definition) is 7. The van der Waals surface area contributed by atoms with Crippen LogP contribution in [0.4, 0.5) is 17.1 Å². The van der Waals surface area contributed by atoms with Crippen LogP contribution in [0, 0.1) is 0 Å². The Labute approximate surface area is 196 Å². The Bertz CT molecular complexity index is 1300. The Morgan fingerprint density at radius 3 is 2.82 bits per heavy atom. The lowest BCUT2D eigenvalue weighted by molar-refractivity contribution is -0.117. The van der Waals surface area contributed by atoms with Crippen LogP contribution in [0.5, 0.6) is 11.5 Å². The summed E-state index contributed by atoms with van der Waals surface area (Å²) >= 11 is 0. The normalized spacial score (nSPS) is 18.6. The quantitative estimate of drug-likeness (QED) is 0.590. The van der Waals surface area contributed by atoms with Crippen molar-refractivity contribution < 1.29 is 23.5 Å². The molecule has 8 nitrogen and oxygen atoms in total. The molecule has 0 fully saturated rings. The van der Waals surface area contributed by atoms with E-state index in [9.17, 15) is 9.59 Å². The Balaban J connectivity index is 1.38. The molecule has 0 spiro atoms. The van der Waals surface area contributed by atoms with Crippen molar-refractivity contribution in [1.82, 2.24) is 0 Å².